The third-order valence-electron chi connectivity index (χ3n) is 9.30. The van der Waals surface area contributed by atoms with Gasteiger partial charge in [0.05, 0.1) is 18.2 Å². The van der Waals surface area contributed by atoms with Gasteiger partial charge in [0.2, 0.25) is 0 Å². The van der Waals surface area contributed by atoms with E-state index in [1.54, 1.807) is 0 Å². The van der Waals surface area contributed by atoms with Crippen molar-refractivity contribution in [2.24, 2.45) is 34.5 Å². The van der Waals surface area contributed by atoms with Gasteiger partial charge in [-0.15, -0.1) is 5.10 Å². The summed E-state index contributed by atoms with van der Waals surface area (Å²) in [7, 11) is 0. The lowest BCUT2D eigenvalue weighted by atomic mass is 9.73. The minimum Gasteiger partial charge on any atom is -0.461 e. The summed E-state index contributed by atoms with van der Waals surface area (Å²) in [5, 5.41) is 17.5. The Kier molecular flexibility index (Phi) is 4.13. The standard InChI is InChI=1S/C23H33N3O3/c27-12-2-1-3-15-13-26(25-24-15)14-17-16-4-6-22(8-9-22)18-5-7-23(10-11-23)19(18)20(16)29-21(17)28/h13,16-20,27H,1-12,14H2. The van der Waals surface area contributed by atoms with Crippen LogP contribution in [0.3, 0.4) is 0 Å². The SMILES string of the molecule is O=C1OC2C(CCC3(CC3)C3CCC4(CC4)C23)C1Cn1cc(CCCCO)nn1. The Morgan fingerprint density at radius 1 is 1.10 bits per heavy atom. The van der Waals surface area contributed by atoms with Crippen LogP contribution < -0.4 is 0 Å². The number of aliphatic hydroxyl groups excluding tert-OH is 1. The average molecular weight is 400 g/mol. The fourth-order valence-electron chi connectivity index (χ4n) is 7.43. The summed E-state index contributed by atoms with van der Waals surface area (Å²) in [4.78, 5) is 13.0. The number of carbonyl (C=O) groups excluding carboxylic acids is 1. The third kappa shape index (κ3) is 2.88. The Morgan fingerprint density at radius 2 is 1.90 bits per heavy atom. The van der Waals surface area contributed by atoms with Gasteiger partial charge in [0.15, 0.2) is 0 Å². The maximum Gasteiger partial charge on any atom is 0.311 e. The van der Waals surface area contributed by atoms with E-state index in [1.165, 1.54) is 44.9 Å². The molecule has 6 rings (SSSR count). The molecule has 1 aromatic heterocycles. The van der Waals surface area contributed by atoms with Crippen molar-refractivity contribution in [1.29, 1.82) is 0 Å². The topological polar surface area (TPSA) is 77.2 Å². The number of esters is 1. The molecule has 1 aliphatic heterocycles. The summed E-state index contributed by atoms with van der Waals surface area (Å²) in [6.07, 6.45) is 15.4. The van der Waals surface area contributed by atoms with E-state index in [1.807, 2.05) is 10.9 Å². The van der Waals surface area contributed by atoms with Crippen LogP contribution in [0.15, 0.2) is 6.20 Å². The van der Waals surface area contributed by atoms with Gasteiger partial charge in [-0.3, -0.25) is 9.48 Å². The molecule has 1 aromatic rings. The van der Waals surface area contributed by atoms with Gasteiger partial charge in [-0.05, 0) is 87.4 Å². The monoisotopic (exact) mass is 399 g/mol. The number of carbonyl (C=O) groups is 1. The Hall–Kier alpha value is -1.43. The van der Waals surface area contributed by atoms with Crippen molar-refractivity contribution in [2.45, 2.75) is 83.3 Å². The van der Waals surface area contributed by atoms with Gasteiger partial charge in [0.25, 0.3) is 0 Å². The number of rotatable bonds is 6. The molecule has 6 nitrogen and oxygen atoms in total. The van der Waals surface area contributed by atoms with Crippen LogP contribution in [0.5, 0.6) is 0 Å². The van der Waals surface area contributed by atoms with Gasteiger partial charge in [0, 0.05) is 24.6 Å². The first-order chi connectivity index (χ1) is 14.1. The highest BCUT2D eigenvalue weighted by molar-refractivity contribution is 5.75. The van der Waals surface area contributed by atoms with Crippen molar-refractivity contribution < 1.29 is 14.6 Å². The van der Waals surface area contributed by atoms with Crippen LogP contribution in [0.2, 0.25) is 0 Å². The van der Waals surface area contributed by atoms with Gasteiger partial charge in [0.1, 0.15) is 6.10 Å². The first-order valence-electron chi connectivity index (χ1n) is 11.8. The molecule has 4 saturated carbocycles. The fraction of sp³-hybridized carbons (Fsp3) is 0.870. The number of ether oxygens (including phenoxy) is 1. The van der Waals surface area contributed by atoms with E-state index < -0.39 is 0 Å². The second-order valence-electron chi connectivity index (χ2n) is 10.7. The smallest absolute Gasteiger partial charge is 0.311 e. The van der Waals surface area contributed by atoms with E-state index in [0.717, 1.165) is 37.3 Å². The van der Waals surface area contributed by atoms with Crippen LogP contribution >= 0.6 is 0 Å². The molecular formula is C23H33N3O3. The Labute approximate surface area is 172 Å². The van der Waals surface area contributed by atoms with Crippen LogP contribution in [-0.2, 0) is 22.5 Å². The molecule has 5 atom stereocenters. The summed E-state index contributed by atoms with van der Waals surface area (Å²) in [5.74, 6) is 1.71. The summed E-state index contributed by atoms with van der Waals surface area (Å²) in [5.41, 5.74) is 2.05. The molecule has 0 amide bonds. The van der Waals surface area contributed by atoms with Crippen molar-refractivity contribution in [3.05, 3.63) is 11.9 Å². The number of fused-ring (bicyclic) bond motifs is 5. The van der Waals surface area contributed by atoms with Crippen molar-refractivity contribution in [3.63, 3.8) is 0 Å². The second kappa shape index (κ2) is 6.53. The zero-order chi connectivity index (χ0) is 19.6. The lowest BCUT2D eigenvalue weighted by molar-refractivity contribution is -0.148. The second-order valence-corrected chi connectivity index (χ2v) is 10.7. The predicted octanol–water partition coefficient (Wildman–Crippen LogP) is 3.13. The predicted molar refractivity (Wildman–Crippen MR) is 106 cm³/mol. The molecule has 4 aliphatic carbocycles. The molecule has 158 valence electrons. The first kappa shape index (κ1) is 18.3. The fourth-order valence-corrected chi connectivity index (χ4v) is 7.43. The molecule has 5 fully saturated rings. The number of unbranched alkanes of at least 4 members (excludes halogenated alkanes) is 1. The summed E-state index contributed by atoms with van der Waals surface area (Å²) in [6.45, 7) is 0.820. The highest BCUT2D eigenvalue weighted by Crippen LogP contribution is 2.75. The minimum absolute atomic E-state index is 0.00512. The molecule has 5 unspecified atom stereocenters. The van der Waals surface area contributed by atoms with E-state index >= 15 is 0 Å². The van der Waals surface area contributed by atoms with E-state index in [0.29, 0.717) is 29.2 Å². The zero-order valence-electron chi connectivity index (χ0n) is 17.3. The number of aromatic nitrogens is 3. The lowest BCUT2D eigenvalue weighted by Crippen LogP contribution is -2.35. The summed E-state index contributed by atoms with van der Waals surface area (Å²) in [6, 6.07) is 0. The molecule has 6 heteroatoms. The molecule has 29 heavy (non-hydrogen) atoms. The van der Waals surface area contributed by atoms with Gasteiger partial charge in [-0.1, -0.05) is 5.21 Å². The van der Waals surface area contributed by atoms with Crippen LogP contribution in [-0.4, -0.2) is 38.8 Å². The molecular weight excluding hydrogens is 366 g/mol. The minimum atomic E-state index is -0.0714. The van der Waals surface area contributed by atoms with Crippen molar-refractivity contribution in [1.82, 2.24) is 15.0 Å². The van der Waals surface area contributed by atoms with E-state index in [2.05, 4.69) is 10.3 Å². The zero-order valence-corrected chi connectivity index (χ0v) is 17.3. The third-order valence-corrected chi connectivity index (χ3v) is 9.30. The molecule has 2 heterocycles. The maximum atomic E-state index is 13.0. The van der Waals surface area contributed by atoms with Crippen molar-refractivity contribution in [3.8, 4) is 0 Å². The molecule has 1 N–H and O–H groups in total. The van der Waals surface area contributed by atoms with E-state index in [4.69, 9.17) is 9.84 Å². The van der Waals surface area contributed by atoms with Crippen LogP contribution in [0.1, 0.15) is 69.9 Å². The largest absolute Gasteiger partial charge is 0.461 e. The molecule has 0 radical (unpaired) electrons. The lowest BCUT2D eigenvalue weighted by Gasteiger charge is -2.33. The highest BCUT2D eigenvalue weighted by Gasteiger charge is 2.69. The van der Waals surface area contributed by atoms with E-state index in [-0.39, 0.29) is 24.6 Å². The van der Waals surface area contributed by atoms with E-state index in [9.17, 15) is 4.79 Å². The molecule has 2 spiro atoms. The highest BCUT2D eigenvalue weighted by atomic mass is 16.6. The van der Waals surface area contributed by atoms with Gasteiger partial charge < -0.3 is 9.84 Å². The molecule has 1 saturated heterocycles. The Morgan fingerprint density at radius 3 is 2.66 bits per heavy atom. The van der Waals surface area contributed by atoms with Gasteiger partial charge >= 0.3 is 5.97 Å². The Bertz CT molecular complexity index is 797. The molecule has 0 bridgehead atoms. The number of hydrogen-bond donors (Lipinski definition) is 1. The number of aryl methyl sites for hydroxylation is 1. The average Bonchev–Trinajstić information content (AvgIpc) is 3.55. The first-order valence-corrected chi connectivity index (χ1v) is 11.8. The van der Waals surface area contributed by atoms with Crippen molar-refractivity contribution >= 4 is 5.97 Å². The quantitative estimate of drug-likeness (QED) is 0.587. The van der Waals surface area contributed by atoms with Crippen LogP contribution in [0.25, 0.3) is 0 Å². The number of aliphatic hydroxyl groups is 1. The summed E-state index contributed by atoms with van der Waals surface area (Å²) < 4.78 is 8.06. The molecule has 0 aromatic carbocycles. The van der Waals surface area contributed by atoms with Gasteiger partial charge in [-0.25, -0.2) is 0 Å². The summed E-state index contributed by atoms with van der Waals surface area (Å²) >= 11 is 0. The Balaban J connectivity index is 1.22. The van der Waals surface area contributed by atoms with Gasteiger partial charge in [-0.2, -0.15) is 0 Å². The van der Waals surface area contributed by atoms with Crippen LogP contribution in [0.4, 0.5) is 0 Å². The molecule has 5 aliphatic rings. The normalized spacial score (nSPS) is 38.0. The van der Waals surface area contributed by atoms with Crippen molar-refractivity contribution in [2.75, 3.05) is 6.61 Å². The number of nitrogens with zero attached hydrogens (tertiary/aromatic N) is 3. The number of hydrogen-bond acceptors (Lipinski definition) is 5. The van der Waals surface area contributed by atoms with Crippen LogP contribution in [0, 0.1) is 34.5 Å². The maximum absolute atomic E-state index is 13.0.